The standard InChI is InChI=1S/C8H16N2O3/c1-8(2,10(11)12)7-9-3-5-13-6-4-9/h3-7H2,1-2H3. The van der Waals surface area contributed by atoms with E-state index < -0.39 is 5.54 Å². The molecule has 76 valence electrons. The molecule has 1 aliphatic rings. The molecular weight excluding hydrogens is 172 g/mol. The lowest BCUT2D eigenvalue weighted by Crippen LogP contribution is -2.48. The lowest BCUT2D eigenvalue weighted by Gasteiger charge is -2.29. The third-order valence-corrected chi connectivity index (χ3v) is 2.21. The first-order chi connectivity index (χ1) is 6.02. The van der Waals surface area contributed by atoms with Gasteiger partial charge in [0.2, 0.25) is 5.54 Å². The van der Waals surface area contributed by atoms with Crippen LogP contribution in [0.2, 0.25) is 0 Å². The van der Waals surface area contributed by atoms with Crippen LogP contribution < -0.4 is 0 Å². The van der Waals surface area contributed by atoms with Gasteiger partial charge >= 0.3 is 0 Å². The van der Waals surface area contributed by atoms with Gasteiger partial charge in [-0.05, 0) is 0 Å². The zero-order valence-electron chi connectivity index (χ0n) is 8.15. The Labute approximate surface area is 77.8 Å². The van der Waals surface area contributed by atoms with E-state index in [2.05, 4.69) is 4.90 Å². The summed E-state index contributed by atoms with van der Waals surface area (Å²) in [6.07, 6.45) is 0. The molecule has 1 rings (SSSR count). The lowest BCUT2D eigenvalue weighted by atomic mass is 10.1. The summed E-state index contributed by atoms with van der Waals surface area (Å²) in [6.45, 7) is 6.80. The van der Waals surface area contributed by atoms with Crippen molar-refractivity contribution in [3.63, 3.8) is 0 Å². The minimum atomic E-state index is -0.850. The molecule has 1 aliphatic heterocycles. The molecule has 5 heteroatoms. The van der Waals surface area contributed by atoms with Crippen molar-refractivity contribution in [3.05, 3.63) is 10.1 Å². The van der Waals surface area contributed by atoms with Gasteiger partial charge < -0.3 is 4.74 Å². The predicted molar refractivity (Wildman–Crippen MR) is 48.3 cm³/mol. The monoisotopic (exact) mass is 188 g/mol. The second kappa shape index (κ2) is 4.02. The number of ether oxygens (including phenoxy) is 1. The van der Waals surface area contributed by atoms with E-state index in [0.29, 0.717) is 19.8 Å². The van der Waals surface area contributed by atoms with Crippen LogP contribution in [0.5, 0.6) is 0 Å². The maximum Gasteiger partial charge on any atom is 0.229 e. The van der Waals surface area contributed by atoms with E-state index in [9.17, 15) is 10.1 Å². The molecule has 13 heavy (non-hydrogen) atoms. The Bertz CT molecular complexity index is 188. The number of hydrogen-bond donors (Lipinski definition) is 0. The molecule has 0 unspecified atom stereocenters. The first-order valence-corrected chi connectivity index (χ1v) is 4.47. The van der Waals surface area contributed by atoms with Crippen molar-refractivity contribution in [2.75, 3.05) is 32.8 Å². The van der Waals surface area contributed by atoms with E-state index in [4.69, 9.17) is 4.74 Å². The van der Waals surface area contributed by atoms with E-state index in [1.165, 1.54) is 0 Å². The van der Waals surface area contributed by atoms with Crippen molar-refractivity contribution in [2.45, 2.75) is 19.4 Å². The van der Waals surface area contributed by atoms with Gasteiger partial charge in [-0.25, -0.2) is 0 Å². The van der Waals surface area contributed by atoms with Crippen molar-refractivity contribution >= 4 is 0 Å². The number of nitro groups is 1. The smallest absolute Gasteiger partial charge is 0.229 e. The number of nitrogens with zero attached hydrogens (tertiary/aromatic N) is 2. The molecule has 5 nitrogen and oxygen atoms in total. The first kappa shape index (κ1) is 10.4. The minimum absolute atomic E-state index is 0.220. The van der Waals surface area contributed by atoms with E-state index in [-0.39, 0.29) is 4.92 Å². The highest BCUT2D eigenvalue weighted by atomic mass is 16.6. The maximum atomic E-state index is 10.6. The fraction of sp³-hybridized carbons (Fsp3) is 1.00. The molecular formula is C8H16N2O3. The van der Waals surface area contributed by atoms with Crippen LogP contribution in [0.25, 0.3) is 0 Å². The highest BCUT2D eigenvalue weighted by Crippen LogP contribution is 2.11. The van der Waals surface area contributed by atoms with Gasteiger partial charge in [0.25, 0.3) is 0 Å². The summed E-state index contributed by atoms with van der Waals surface area (Å²) < 4.78 is 5.16. The highest BCUT2D eigenvalue weighted by Gasteiger charge is 2.33. The van der Waals surface area contributed by atoms with Gasteiger partial charge in [-0.3, -0.25) is 15.0 Å². The summed E-state index contributed by atoms with van der Waals surface area (Å²) >= 11 is 0. The van der Waals surface area contributed by atoms with Crippen LogP contribution in [-0.4, -0.2) is 48.2 Å². The Morgan fingerprint density at radius 1 is 1.46 bits per heavy atom. The van der Waals surface area contributed by atoms with Gasteiger partial charge in [0.1, 0.15) is 0 Å². The molecule has 0 bridgehead atoms. The SMILES string of the molecule is CC(C)(CN1CCOCC1)[N+](=O)[O-]. The second-order valence-electron chi connectivity index (χ2n) is 3.96. The number of hydrogen-bond acceptors (Lipinski definition) is 4. The van der Waals surface area contributed by atoms with Gasteiger partial charge in [-0.15, -0.1) is 0 Å². The Morgan fingerprint density at radius 2 is 2.00 bits per heavy atom. The largest absolute Gasteiger partial charge is 0.379 e. The van der Waals surface area contributed by atoms with Gasteiger partial charge in [-0.1, -0.05) is 0 Å². The second-order valence-corrected chi connectivity index (χ2v) is 3.96. The van der Waals surface area contributed by atoms with Crippen molar-refractivity contribution < 1.29 is 9.66 Å². The molecule has 0 radical (unpaired) electrons. The van der Waals surface area contributed by atoms with Crippen molar-refractivity contribution in [1.82, 2.24) is 4.90 Å². The maximum absolute atomic E-state index is 10.6. The summed E-state index contributed by atoms with van der Waals surface area (Å²) in [6, 6.07) is 0. The molecule has 0 aromatic carbocycles. The summed E-state index contributed by atoms with van der Waals surface area (Å²) in [5.41, 5.74) is -0.850. The molecule has 1 saturated heterocycles. The zero-order chi connectivity index (χ0) is 9.90. The topological polar surface area (TPSA) is 55.6 Å². The first-order valence-electron chi connectivity index (χ1n) is 4.47. The number of rotatable bonds is 3. The fourth-order valence-electron chi connectivity index (χ4n) is 1.36. The molecule has 1 heterocycles. The van der Waals surface area contributed by atoms with Crippen molar-refractivity contribution in [3.8, 4) is 0 Å². The van der Waals surface area contributed by atoms with Gasteiger partial charge in [-0.2, -0.15) is 0 Å². The molecule has 0 aliphatic carbocycles. The molecule has 0 atom stereocenters. The van der Waals surface area contributed by atoms with Crippen LogP contribution in [0.1, 0.15) is 13.8 Å². The van der Waals surface area contributed by atoms with Crippen LogP contribution in [-0.2, 0) is 4.74 Å². The Balaban J connectivity index is 2.41. The lowest BCUT2D eigenvalue weighted by molar-refractivity contribution is -0.561. The van der Waals surface area contributed by atoms with E-state index >= 15 is 0 Å². The van der Waals surface area contributed by atoms with Crippen LogP contribution in [0.3, 0.4) is 0 Å². The summed E-state index contributed by atoms with van der Waals surface area (Å²) in [5, 5.41) is 10.6. The molecule has 0 spiro atoms. The Kier molecular flexibility index (Phi) is 3.22. The molecule has 0 aromatic rings. The minimum Gasteiger partial charge on any atom is -0.379 e. The average molecular weight is 188 g/mol. The van der Waals surface area contributed by atoms with Crippen molar-refractivity contribution in [1.29, 1.82) is 0 Å². The summed E-state index contributed by atoms with van der Waals surface area (Å²) in [7, 11) is 0. The molecule has 0 amide bonds. The average Bonchev–Trinajstić information content (AvgIpc) is 2.05. The predicted octanol–water partition coefficient (Wildman–Crippen LogP) is 0.374. The molecule has 0 saturated carbocycles. The third-order valence-electron chi connectivity index (χ3n) is 2.21. The van der Waals surface area contributed by atoms with E-state index in [1.807, 2.05) is 0 Å². The summed E-state index contributed by atoms with van der Waals surface area (Å²) in [4.78, 5) is 12.5. The van der Waals surface area contributed by atoms with Gasteiger partial charge in [0, 0.05) is 31.9 Å². The number of morpholine rings is 1. The normalized spacial score (nSPS) is 20.2. The molecule has 0 aromatic heterocycles. The van der Waals surface area contributed by atoms with Crippen LogP contribution in [0, 0.1) is 10.1 Å². The summed E-state index contributed by atoms with van der Waals surface area (Å²) in [5.74, 6) is 0. The Morgan fingerprint density at radius 3 is 2.46 bits per heavy atom. The van der Waals surface area contributed by atoms with Crippen LogP contribution in [0.4, 0.5) is 0 Å². The van der Waals surface area contributed by atoms with Gasteiger partial charge in [0.15, 0.2) is 0 Å². The quantitative estimate of drug-likeness (QED) is 0.474. The van der Waals surface area contributed by atoms with Crippen LogP contribution >= 0.6 is 0 Å². The Hall–Kier alpha value is -0.680. The van der Waals surface area contributed by atoms with Crippen molar-refractivity contribution in [2.24, 2.45) is 0 Å². The van der Waals surface area contributed by atoms with E-state index in [1.54, 1.807) is 13.8 Å². The fourth-order valence-corrected chi connectivity index (χ4v) is 1.36. The zero-order valence-corrected chi connectivity index (χ0v) is 8.15. The third kappa shape index (κ3) is 2.93. The van der Waals surface area contributed by atoms with Crippen LogP contribution in [0.15, 0.2) is 0 Å². The molecule has 0 N–H and O–H groups in total. The van der Waals surface area contributed by atoms with Gasteiger partial charge in [0.05, 0.1) is 19.8 Å². The highest BCUT2D eigenvalue weighted by molar-refractivity contribution is 4.74. The van der Waals surface area contributed by atoms with E-state index in [0.717, 1.165) is 13.1 Å². The molecule has 1 fully saturated rings.